The van der Waals surface area contributed by atoms with Gasteiger partial charge in [0.25, 0.3) is 0 Å². The van der Waals surface area contributed by atoms with Gasteiger partial charge in [-0.05, 0) is 41.9 Å². The van der Waals surface area contributed by atoms with Gasteiger partial charge in [0.15, 0.2) is 18.1 Å². The fraction of sp³-hybridized carbons (Fsp3) is 0.286. The van der Waals surface area contributed by atoms with Crippen molar-refractivity contribution in [1.29, 1.82) is 0 Å². The van der Waals surface area contributed by atoms with Crippen LogP contribution in [0.25, 0.3) is 0 Å². The van der Waals surface area contributed by atoms with E-state index in [1.807, 2.05) is 13.8 Å². The Morgan fingerprint density at radius 1 is 1.40 bits per heavy atom. The van der Waals surface area contributed by atoms with Crippen LogP contribution < -0.4 is 9.47 Å². The molecule has 1 aromatic carbocycles. The number of benzene rings is 1. The normalized spacial score (nSPS) is 10.4. The number of aryl methyl sites for hydroxylation is 2. The van der Waals surface area contributed by atoms with E-state index in [4.69, 9.17) is 13.9 Å². The van der Waals surface area contributed by atoms with Crippen LogP contribution in [0.3, 0.4) is 0 Å². The molecular weight excluding hydrogens is 326 g/mol. The minimum Gasteiger partial charge on any atom is -0.493 e. The smallest absolute Gasteiger partial charge is 0.232 e. The lowest BCUT2D eigenvalue weighted by atomic mass is 10.2. The fourth-order valence-corrected chi connectivity index (χ4v) is 2.26. The molecule has 1 heterocycles. The van der Waals surface area contributed by atoms with Gasteiger partial charge in [-0.2, -0.15) is 0 Å². The number of hydrogen-bond donors (Lipinski definition) is 0. The molecule has 6 heteroatoms. The van der Waals surface area contributed by atoms with Crippen LogP contribution in [0.1, 0.15) is 27.7 Å². The predicted molar refractivity (Wildman–Crippen MR) is 76.4 cm³/mol. The minimum absolute atomic E-state index is 0.185. The number of nitrogens with zero attached hydrogens (tertiary/aromatic N) is 1. The molecule has 2 rings (SSSR count). The summed E-state index contributed by atoms with van der Waals surface area (Å²) in [6.07, 6.45) is 0.748. The molecule has 2 aromatic rings. The fourth-order valence-electron chi connectivity index (χ4n) is 1.68. The maximum atomic E-state index is 10.8. The third-order valence-corrected chi connectivity index (χ3v) is 3.39. The highest BCUT2D eigenvalue weighted by molar-refractivity contribution is 9.10. The van der Waals surface area contributed by atoms with Crippen molar-refractivity contribution < 1.29 is 18.7 Å². The van der Waals surface area contributed by atoms with Crippen molar-refractivity contribution in [3.8, 4) is 11.5 Å². The van der Waals surface area contributed by atoms with Crippen LogP contribution >= 0.6 is 15.9 Å². The zero-order valence-electron chi connectivity index (χ0n) is 11.4. The van der Waals surface area contributed by atoms with E-state index in [0.29, 0.717) is 27.4 Å². The van der Waals surface area contributed by atoms with E-state index in [0.717, 1.165) is 17.7 Å². The Morgan fingerprint density at radius 2 is 2.15 bits per heavy atom. The van der Waals surface area contributed by atoms with Crippen molar-refractivity contribution in [3.63, 3.8) is 0 Å². The quantitative estimate of drug-likeness (QED) is 0.780. The van der Waals surface area contributed by atoms with Crippen LogP contribution in [0, 0.1) is 13.8 Å². The van der Waals surface area contributed by atoms with E-state index in [1.54, 1.807) is 12.1 Å². The first-order valence-electron chi connectivity index (χ1n) is 5.93. The summed E-state index contributed by atoms with van der Waals surface area (Å²) in [5, 5.41) is 0. The Hall–Kier alpha value is -1.82. The second kappa shape index (κ2) is 6.09. The second-order valence-electron chi connectivity index (χ2n) is 4.19. The van der Waals surface area contributed by atoms with Gasteiger partial charge in [0.05, 0.1) is 17.3 Å². The first-order valence-corrected chi connectivity index (χ1v) is 6.73. The van der Waals surface area contributed by atoms with Gasteiger partial charge >= 0.3 is 0 Å². The molecule has 0 radical (unpaired) electrons. The monoisotopic (exact) mass is 339 g/mol. The molecule has 0 saturated carbocycles. The van der Waals surface area contributed by atoms with Gasteiger partial charge in [-0.1, -0.05) is 0 Å². The number of oxazole rings is 1. The van der Waals surface area contributed by atoms with Gasteiger partial charge in [0, 0.05) is 5.56 Å². The van der Waals surface area contributed by atoms with Gasteiger partial charge < -0.3 is 13.9 Å². The van der Waals surface area contributed by atoms with Crippen molar-refractivity contribution in [2.24, 2.45) is 0 Å². The zero-order valence-corrected chi connectivity index (χ0v) is 13.0. The number of methoxy groups -OCH3 is 1. The number of halogens is 1. The van der Waals surface area contributed by atoms with Gasteiger partial charge in [-0.15, -0.1) is 0 Å². The standard InChI is InChI=1S/C14H14BrNO4/c1-8-9(2)20-13(16-8)7-19-14-11(15)4-10(6-17)5-12(14)18-3/h4-6H,7H2,1-3H3. The molecule has 0 fully saturated rings. The number of rotatable bonds is 5. The predicted octanol–water partition coefficient (Wildman–Crippen LogP) is 3.45. The lowest BCUT2D eigenvalue weighted by molar-refractivity contribution is 0.112. The number of hydrogen-bond acceptors (Lipinski definition) is 5. The highest BCUT2D eigenvalue weighted by atomic mass is 79.9. The highest BCUT2D eigenvalue weighted by Gasteiger charge is 2.13. The van der Waals surface area contributed by atoms with E-state index in [2.05, 4.69) is 20.9 Å². The molecule has 0 atom stereocenters. The first kappa shape index (κ1) is 14.6. The Bertz CT molecular complexity index is 617. The third kappa shape index (κ3) is 3.01. The molecule has 0 amide bonds. The SMILES string of the molecule is COc1cc(C=O)cc(Br)c1OCc1nc(C)c(C)o1. The van der Waals surface area contributed by atoms with E-state index in [1.165, 1.54) is 7.11 Å². The van der Waals surface area contributed by atoms with E-state index >= 15 is 0 Å². The van der Waals surface area contributed by atoms with Crippen LogP contribution in [0.2, 0.25) is 0 Å². The van der Waals surface area contributed by atoms with Crippen LogP contribution in [-0.4, -0.2) is 18.4 Å². The average molecular weight is 340 g/mol. The largest absolute Gasteiger partial charge is 0.493 e. The average Bonchev–Trinajstić information content (AvgIpc) is 2.75. The summed E-state index contributed by atoms with van der Waals surface area (Å²) in [7, 11) is 1.52. The molecule has 0 aliphatic heterocycles. The van der Waals surface area contributed by atoms with Gasteiger partial charge in [-0.3, -0.25) is 4.79 Å². The summed E-state index contributed by atoms with van der Waals surface area (Å²) in [4.78, 5) is 15.1. The summed E-state index contributed by atoms with van der Waals surface area (Å²) in [5.41, 5.74) is 1.34. The zero-order chi connectivity index (χ0) is 14.7. The van der Waals surface area contributed by atoms with Gasteiger partial charge in [-0.25, -0.2) is 4.98 Å². The maximum Gasteiger partial charge on any atom is 0.232 e. The number of carbonyl (C=O) groups is 1. The van der Waals surface area contributed by atoms with Crippen LogP contribution in [0.15, 0.2) is 21.0 Å². The number of ether oxygens (including phenoxy) is 2. The summed E-state index contributed by atoms with van der Waals surface area (Å²) >= 11 is 3.36. The molecule has 20 heavy (non-hydrogen) atoms. The van der Waals surface area contributed by atoms with Crippen LogP contribution in [0.5, 0.6) is 11.5 Å². The Balaban J connectivity index is 2.22. The Labute approximate surface area is 125 Å². The van der Waals surface area contributed by atoms with Gasteiger partial charge in [0.1, 0.15) is 12.0 Å². The lowest BCUT2D eigenvalue weighted by Crippen LogP contribution is -2.00. The summed E-state index contributed by atoms with van der Waals surface area (Å²) in [5.74, 6) is 2.24. The summed E-state index contributed by atoms with van der Waals surface area (Å²) in [6.45, 7) is 3.91. The second-order valence-corrected chi connectivity index (χ2v) is 5.04. The highest BCUT2D eigenvalue weighted by Crippen LogP contribution is 2.36. The van der Waals surface area contributed by atoms with E-state index in [-0.39, 0.29) is 6.61 Å². The van der Waals surface area contributed by atoms with Crippen molar-refractivity contribution in [1.82, 2.24) is 4.98 Å². The van der Waals surface area contributed by atoms with Crippen LogP contribution in [0.4, 0.5) is 0 Å². The van der Waals surface area contributed by atoms with Gasteiger partial charge in [0.2, 0.25) is 5.89 Å². The van der Waals surface area contributed by atoms with Crippen molar-refractivity contribution >= 4 is 22.2 Å². The Kier molecular flexibility index (Phi) is 4.44. The molecule has 0 unspecified atom stereocenters. The van der Waals surface area contributed by atoms with E-state index < -0.39 is 0 Å². The molecule has 0 N–H and O–H groups in total. The van der Waals surface area contributed by atoms with E-state index in [9.17, 15) is 4.79 Å². The minimum atomic E-state index is 0.185. The molecule has 0 bridgehead atoms. The number of carbonyl (C=O) groups excluding carboxylic acids is 1. The molecule has 0 aliphatic carbocycles. The van der Waals surface area contributed by atoms with Crippen LogP contribution in [-0.2, 0) is 6.61 Å². The molecule has 0 aliphatic rings. The summed E-state index contributed by atoms with van der Waals surface area (Å²) in [6, 6.07) is 3.27. The number of aldehydes is 1. The molecular formula is C14H14BrNO4. The topological polar surface area (TPSA) is 61.6 Å². The molecule has 1 aromatic heterocycles. The first-order chi connectivity index (χ1) is 9.55. The summed E-state index contributed by atoms with van der Waals surface area (Å²) < 4.78 is 17.0. The maximum absolute atomic E-state index is 10.8. The number of aromatic nitrogens is 1. The lowest BCUT2D eigenvalue weighted by Gasteiger charge is -2.11. The molecule has 106 valence electrons. The van der Waals surface area contributed by atoms with Crippen molar-refractivity contribution in [3.05, 3.63) is 39.5 Å². The third-order valence-electron chi connectivity index (χ3n) is 2.80. The molecule has 5 nitrogen and oxygen atoms in total. The Morgan fingerprint density at radius 3 is 2.70 bits per heavy atom. The van der Waals surface area contributed by atoms with Crippen molar-refractivity contribution in [2.75, 3.05) is 7.11 Å². The van der Waals surface area contributed by atoms with Crippen molar-refractivity contribution in [2.45, 2.75) is 20.5 Å². The molecule has 0 spiro atoms. The molecule has 0 saturated heterocycles.